The van der Waals surface area contributed by atoms with Gasteiger partial charge in [0.1, 0.15) is 0 Å². The minimum Gasteiger partial charge on any atom is -0.465 e. The molecular formula is C32H43N5O7S2. The summed E-state index contributed by atoms with van der Waals surface area (Å²) >= 11 is 1.29. The fourth-order valence-corrected chi connectivity index (χ4v) is 6.61. The molecule has 0 saturated heterocycles. The van der Waals surface area contributed by atoms with Crippen LogP contribution < -0.4 is 10.6 Å². The van der Waals surface area contributed by atoms with Gasteiger partial charge in [0.05, 0.1) is 15.5 Å². The van der Waals surface area contributed by atoms with E-state index >= 15 is 0 Å². The number of aryl methyl sites for hydroxylation is 1. The number of carboxylic acid groups (broad SMARTS) is 2. The summed E-state index contributed by atoms with van der Waals surface area (Å²) in [5.41, 5.74) is 1.48. The molecule has 0 spiro atoms. The molecule has 3 rings (SSSR count). The first-order chi connectivity index (χ1) is 21.2. The van der Waals surface area contributed by atoms with Crippen LogP contribution in [0, 0.1) is 0 Å². The van der Waals surface area contributed by atoms with Crippen molar-refractivity contribution in [2.75, 3.05) is 18.1 Å². The number of anilines is 1. The monoisotopic (exact) mass is 673 g/mol. The van der Waals surface area contributed by atoms with Crippen LogP contribution in [-0.4, -0.2) is 81.7 Å². The predicted octanol–water partition coefficient (Wildman–Crippen LogP) is 6.20. The van der Waals surface area contributed by atoms with Gasteiger partial charge in [0.2, 0.25) is 5.91 Å². The van der Waals surface area contributed by atoms with Crippen LogP contribution in [0.15, 0.2) is 53.4 Å². The molecule has 0 atom stereocenters. The maximum absolute atomic E-state index is 12.3. The Hall–Kier alpha value is -4.01. The average Bonchev–Trinajstić information content (AvgIpc) is 3.32. The number of thiazole rings is 1. The van der Waals surface area contributed by atoms with Crippen LogP contribution in [0.5, 0.6) is 0 Å². The largest absolute Gasteiger partial charge is 0.465 e. The number of carbonyl (C=O) groups excluding carboxylic acids is 1. The lowest BCUT2D eigenvalue weighted by Gasteiger charge is -2.48. The molecule has 250 valence electrons. The van der Waals surface area contributed by atoms with Crippen molar-refractivity contribution in [1.29, 1.82) is 0 Å². The SMILES string of the molecule is CC(=O)Nc1nc(-c2ccc(CCCNC(N(C(=O)O)C(C)(C)C)N(C(=O)O)C(C)(C)C)cc2)c(-c2ccc(S(C)(=O)=O)cc2)s1. The summed E-state index contributed by atoms with van der Waals surface area (Å²) in [5, 5.41) is 26.4. The first-order valence-corrected chi connectivity index (χ1v) is 17.4. The predicted molar refractivity (Wildman–Crippen MR) is 180 cm³/mol. The Morgan fingerprint density at radius 1 is 0.870 bits per heavy atom. The van der Waals surface area contributed by atoms with Crippen molar-refractivity contribution in [3.8, 4) is 21.7 Å². The van der Waals surface area contributed by atoms with Gasteiger partial charge in [-0.05, 0) is 84.2 Å². The summed E-state index contributed by atoms with van der Waals surface area (Å²) < 4.78 is 23.9. The molecule has 0 aliphatic heterocycles. The summed E-state index contributed by atoms with van der Waals surface area (Å²) in [4.78, 5) is 44.2. The van der Waals surface area contributed by atoms with Crippen LogP contribution >= 0.6 is 11.3 Å². The lowest BCUT2D eigenvalue weighted by atomic mass is 10.0. The summed E-state index contributed by atoms with van der Waals surface area (Å²) in [6.45, 7) is 12.1. The van der Waals surface area contributed by atoms with Gasteiger partial charge in [-0.15, -0.1) is 0 Å². The van der Waals surface area contributed by atoms with Crippen LogP contribution in [-0.2, 0) is 21.1 Å². The van der Waals surface area contributed by atoms with Crippen molar-refractivity contribution in [2.24, 2.45) is 0 Å². The van der Waals surface area contributed by atoms with Crippen LogP contribution in [0.2, 0.25) is 0 Å². The third-order valence-corrected chi connectivity index (χ3v) is 9.15. The minimum atomic E-state index is -3.35. The quantitative estimate of drug-likeness (QED) is 0.137. The number of nitrogens with zero attached hydrogens (tertiary/aromatic N) is 3. The maximum Gasteiger partial charge on any atom is 0.410 e. The van der Waals surface area contributed by atoms with Crippen molar-refractivity contribution in [3.63, 3.8) is 0 Å². The molecule has 14 heteroatoms. The number of amides is 3. The number of sulfone groups is 1. The summed E-state index contributed by atoms with van der Waals surface area (Å²) in [5.74, 6) is -0.256. The number of nitrogens with one attached hydrogen (secondary N) is 2. The number of benzene rings is 2. The lowest BCUT2D eigenvalue weighted by Crippen LogP contribution is -2.68. The highest BCUT2D eigenvalue weighted by molar-refractivity contribution is 7.90. The Balaban J connectivity index is 1.81. The molecule has 0 unspecified atom stereocenters. The van der Waals surface area contributed by atoms with Gasteiger partial charge in [-0.1, -0.05) is 47.7 Å². The van der Waals surface area contributed by atoms with Crippen molar-refractivity contribution in [2.45, 2.75) is 83.6 Å². The van der Waals surface area contributed by atoms with Gasteiger partial charge in [-0.25, -0.2) is 23.0 Å². The molecule has 0 aliphatic rings. The molecule has 0 bridgehead atoms. The van der Waals surface area contributed by atoms with Gasteiger partial charge in [-0.3, -0.25) is 19.9 Å². The fourth-order valence-electron chi connectivity index (χ4n) is 4.94. The molecule has 0 aliphatic carbocycles. The summed E-state index contributed by atoms with van der Waals surface area (Å²) in [6.07, 6.45) is -1.18. The van der Waals surface area contributed by atoms with E-state index in [0.717, 1.165) is 37.6 Å². The van der Waals surface area contributed by atoms with Crippen LogP contribution in [0.4, 0.5) is 14.7 Å². The number of hydrogen-bond acceptors (Lipinski definition) is 8. The Morgan fingerprint density at radius 2 is 1.37 bits per heavy atom. The third kappa shape index (κ3) is 9.27. The number of hydrogen-bond donors (Lipinski definition) is 4. The molecule has 0 saturated carbocycles. The van der Waals surface area contributed by atoms with E-state index in [4.69, 9.17) is 0 Å². The second kappa shape index (κ2) is 14.2. The Bertz CT molecular complexity index is 1620. The van der Waals surface area contributed by atoms with E-state index in [-0.39, 0.29) is 10.8 Å². The summed E-state index contributed by atoms with van der Waals surface area (Å²) in [7, 11) is -3.35. The van der Waals surface area contributed by atoms with Gasteiger partial charge in [0, 0.05) is 29.8 Å². The minimum absolute atomic E-state index is 0.206. The first-order valence-electron chi connectivity index (χ1n) is 14.7. The molecule has 4 N–H and O–H groups in total. The molecule has 1 aromatic heterocycles. The van der Waals surface area contributed by atoms with Crippen molar-refractivity contribution < 1.29 is 33.0 Å². The fraction of sp³-hybridized carbons (Fsp3) is 0.438. The lowest BCUT2D eigenvalue weighted by molar-refractivity contribution is -0.114. The van der Waals surface area contributed by atoms with Crippen LogP contribution in [0.1, 0.15) is 60.5 Å². The van der Waals surface area contributed by atoms with Crippen molar-refractivity contribution in [3.05, 3.63) is 54.1 Å². The first kappa shape index (κ1) is 36.5. The molecule has 3 amide bonds. The van der Waals surface area contributed by atoms with E-state index in [9.17, 15) is 33.0 Å². The van der Waals surface area contributed by atoms with Crippen LogP contribution in [0.25, 0.3) is 21.7 Å². The van der Waals surface area contributed by atoms with Crippen molar-refractivity contribution >= 4 is 44.4 Å². The Labute approximate surface area is 274 Å². The maximum atomic E-state index is 12.3. The van der Waals surface area contributed by atoms with Crippen molar-refractivity contribution in [1.82, 2.24) is 20.1 Å². The highest BCUT2D eigenvalue weighted by Gasteiger charge is 2.42. The number of rotatable bonds is 11. The van der Waals surface area contributed by atoms with Gasteiger partial charge in [0.25, 0.3) is 0 Å². The van der Waals surface area contributed by atoms with Gasteiger partial charge >= 0.3 is 12.2 Å². The second-order valence-corrected chi connectivity index (χ2v) is 16.0. The molecular weight excluding hydrogens is 631 g/mol. The van der Waals surface area contributed by atoms with E-state index < -0.39 is 39.4 Å². The van der Waals surface area contributed by atoms with Gasteiger partial charge in [0.15, 0.2) is 21.3 Å². The third-order valence-electron chi connectivity index (χ3n) is 7.00. The second-order valence-electron chi connectivity index (χ2n) is 12.9. The van der Waals surface area contributed by atoms with Gasteiger partial charge in [-0.2, -0.15) is 0 Å². The normalized spacial score (nSPS) is 12.2. The van der Waals surface area contributed by atoms with E-state index in [2.05, 4.69) is 15.6 Å². The zero-order chi connectivity index (χ0) is 34.6. The molecule has 0 fully saturated rings. The average molecular weight is 674 g/mol. The van der Waals surface area contributed by atoms with Crippen LogP contribution in [0.3, 0.4) is 0 Å². The Morgan fingerprint density at radius 3 is 1.80 bits per heavy atom. The molecule has 1 heterocycles. The standard InChI is InChI=1S/C32H43N5O7S2/c1-20(38)34-27-35-25(26(45-27)23-15-17-24(18-16-23)46(8,43)44)22-13-11-21(12-14-22)10-9-19-33-28(36(29(39)40)31(2,3)4)37(30(41)42)32(5,6)7/h11-18,28,33H,9-10,19H2,1-8H3,(H,39,40)(H,41,42)(H,34,35,38). The zero-order valence-electron chi connectivity index (χ0n) is 27.4. The highest BCUT2D eigenvalue weighted by Crippen LogP contribution is 2.39. The molecule has 3 aromatic rings. The van der Waals surface area contributed by atoms with E-state index in [1.54, 1.807) is 65.8 Å². The van der Waals surface area contributed by atoms with E-state index in [1.807, 2.05) is 24.3 Å². The topological polar surface area (TPSA) is 169 Å². The zero-order valence-corrected chi connectivity index (χ0v) is 29.0. The van der Waals surface area contributed by atoms with E-state index in [0.29, 0.717) is 30.2 Å². The Kier molecular flexibility index (Phi) is 11.2. The van der Waals surface area contributed by atoms with Gasteiger partial charge < -0.3 is 15.5 Å². The molecule has 0 radical (unpaired) electrons. The molecule has 12 nitrogen and oxygen atoms in total. The highest BCUT2D eigenvalue weighted by atomic mass is 32.2. The summed E-state index contributed by atoms with van der Waals surface area (Å²) in [6, 6.07) is 14.3. The number of aromatic nitrogens is 1. The molecule has 46 heavy (non-hydrogen) atoms. The number of carbonyl (C=O) groups is 3. The van der Waals surface area contributed by atoms with E-state index in [1.165, 1.54) is 18.3 Å². The molecule has 2 aromatic carbocycles. The smallest absolute Gasteiger partial charge is 0.410 e.